The quantitative estimate of drug-likeness (QED) is 0.861. The lowest BCUT2D eigenvalue weighted by Crippen LogP contribution is -2.68. The number of fused-ring (bicyclic) bond motifs is 3. The first-order valence-electron chi connectivity index (χ1n) is 7.20. The summed E-state index contributed by atoms with van der Waals surface area (Å²) in [4.78, 5) is 14.8. The van der Waals surface area contributed by atoms with E-state index in [2.05, 4.69) is 10.2 Å². The summed E-state index contributed by atoms with van der Waals surface area (Å²) in [6, 6.07) is 5.63. The first kappa shape index (κ1) is 13.9. The third-order valence-electron chi connectivity index (χ3n) is 4.69. The molecule has 3 saturated heterocycles. The van der Waals surface area contributed by atoms with Gasteiger partial charge in [0.2, 0.25) is 0 Å². The van der Waals surface area contributed by atoms with Gasteiger partial charge in [0.25, 0.3) is 5.91 Å². The van der Waals surface area contributed by atoms with Gasteiger partial charge >= 0.3 is 0 Å². The van der Waals surface area contributed by atoms with Crippen molar-refractivity contribution in [3.05, 3.63) is 28.8 Å². The van der Waals surface area contributed by atoms with Gasteiger partial charge in [-0.1, -0.05) is 17.7 Å². The second-order valence-electron chi connectivity index (χ2n) is 5.97. The lowest BCUT2D eigenvalue weighted by Gasteiger charge is -2.50. The van der Waals surface area contributed by atoms with Crippen LogP contribution >= 0.6 is 11.6 Å². The third kappa shape index (κ3) is 2.68. The first-order valence-corrected chi connectivity index (χ1v) is 7.58. The van der Waals surface area contributed by atoms with Gasteiger partial charge in [-0.3, -0.25) is 9.69 Å². The number of amides is 1. The van der Waals surface area contributed by atoms with E-state index in [0.29, 0.717) is 11.6 Å². The maximum absolute atomic E-state index is 12.3. The highest BCUT2D eigenvalue weighted by Gasteiger charge is 2.39. The van der Waals surface area contributed by atoms with E-state index in [1.165, 1.54) is 0 Å². The van der Waals surface area contributed by atoms with Crippen molar-refractivity contribution in [1.82, 2.24) is 4.90 Å². The van der Waals surface area contributed by atoms with Crippen LogP contribution in [0.4, 0.5) is 5.69 Å². The lowest BCUT2D eigenvalue weighted by atomic mass is 10.1. The van der Waals surface area contributed by atoms with Gasteiger partial charge in [0.05, 0.1) is 19.6 Å². The van der Waals surface area contributed by atoms with Crippen LogP contribution in [0.15, 0.2) is 18.2 Å². The number of anilines is 1. The Hall–Kier alpha value is -1.10. The van der Waals surface area contributed by atoms with Crippen LogP contribution in [0.2, 0.25) is 5.02 Å². The van der Waals surface area contributed by atoms with E-state index < -0.39 is 0 Å². The topological polar surface area (TPSA) is 32.3 Å². The molecule has 0 saturated carbocycles. The van der Waals surface area contributed by atoms with Gasteiger partial charge < -0.3 is 9.80 Å². The fraction of sp³-hybridized carbons (Fsp3) is 0.533. The Labute approximate surface area is 124 Å². The molecule has 0 spiro atoms. The number of carbonyl (C=O) groups is 1. The van der Waals surface area contributed by atoms with Crippen molar-refractivity contribution >= 4 is 23.2 Å². The molecule has 5 heteroatoms. The number of nitrogens with zero attached hydrogens (tertiary/aromatic N) is 2. The first-order chi connectivity index (χ1) is 9.58. The molecule has 1 N–H and O–H groups in total. The summed E-state index contributed by atoms with van der Waals surface area (Å²) in [6.45, 7) is 9.20. The molecule has 0 atom stereocenters. The standard InChI is InChI=1S/C15H20ClN3O/c1-12-13(16)3-2-4-14(12)17-15(20)11-19-8-5-18(6-9-19)7-10-19/h2-4H,5-11H2,1H3/p+1. The molecule has 1 amide bonds. The van der Waals surface area contributed by atoms with Crippen LogP contribution in [0.3, 0.4) is 0 Å². The zero-order valence-corrected chi connectivity index (χ0v) is 12.6. The Balaban J connectivity index is 1.66. The molecule has 2 bridgehead atoms. The molecule has 4 nitrogen and oxygen atoms in total. The van der Waals surface area contributed by atoms with Crippen LogP contribution < -0.4 is 5.32 Å². The highest BCUT2D eigenvalue weighted by molar-refractivity contribution is 6.31. The number of benzene rings is 1. The van der Waals surface area contributed by atoms with Crippen molar-refractivity contribution in [3.63, 3.8) is 0 Å². The maximum Gasteiger partial charge on any atom is 0.279 e. The number of nitrogens with one attached hydrogen (secondary N) is 1. The lowest BCUT2D eigenvalue weighted by molar-refractivity contribution is -0.933. The van der Waals surface area contributed by atoms with Gasteiger partial charge in [0.1, 0.15) is 0 Å². The van der Waals surface area contributed by atoms with Gasteiger partial charge in [0.15, 0.2) is 6.54 Å². The molecular weight excluding hydrogens is 274 g/mol. The largest absolute Gasteiger partial charge is 0.321 e. The predicted octanol–water partition coefficient (Wildman–Crippen LogP) is 1.73. The van der Waals surface area contributed by atoms with Gasteiger partial charge in [-0.25, -0.2) is 0 Å². The molecule has 3 fully saturated rings. The Bertz CT molecular complexity index is 510. The molecule has 0 aromatic heterocycles. The molecule has 3 heterocycles. The third-order valence-corrected chi connectivity index (χ3v) is 5.10. The van der Waals surface area contributed by atoms with E-state index in [1.54, 1.807) is 0 Å². The minimum atomic E-state index is 0.103. The summed E-state index contributed by atoms with van der Waals surface area (Å²) in [6.07, 6.45) is 0. The van der Waals surface area contributed by atoms with Crippen LogP contribution in [0.5, 0.6) is 0 Å². The van der Waals surface area contributed by atoms with Crippen molar-refractivity contribution in [2.24, 2.45) is 0 Å². The predicted molar refractivity (Wildman–Crippen MR) is 81.0 cm³/mol. The average Bonchev–Trinajstić information content (AvgIpc) is 2.45. The molecule has 3 aliphatic rings. The van der Waals surface area contributed by atoms with Gasteiger partial charge in [0, 0.05) is 30.3 Å². The van der Waals surface area contributed by atoms with Crippen molar-refractivity contribution in [1.29, 1.82) is 0 Å². The SMILES string of the molecule is Cc1c(Cl)cccc1NC(=O)C[N+]12CCN(CC1)CC2. The number of rotatable bonds is 3. The number of hydrogen-bond acceptors (Lipinski definition) is 2. The number of halogens is 1. The van der Waals surface area contributed by atoms with Crippen molar-refractivity contribution in [2.45, 2.75) is 6.92 Å². The van der Waals surface area contributed by atoms with Gasteiger partial charge in [-0.05, 0) is 24.6 Å². The van der Waals surface area contributed by atoms with Gasteiger partial charge in [-0.2, -0.15) is 0 Å². The van der Waals surface area contributed by atoms with Crippen molar-refractivity contribution in [2.75, 3.05) is 51.1 Å². The Morgan fingerprint density at radius 1 is 1.30 bits per heavy atom. The summed E-state index contributed by atoms with van der Waals surface area (Å²) >= 11 is 6.09. The van der Waals surface area contributed by atoms with Crippen LogP contribution in [0.25, 0.3) is 0 Å². The average molecular weight is 295 g/mol. The summed E-state index contributed by atoms with van der Waals surface area (Å²) < 4.78 is 0.946. The Morgan fingerprint density at radius 3 is 2.60 bits per heavy atom. The van der Waals surface area contributed by atoms with E-state index in [-0.39, 0.29) is 5.91 Å². The molecule has 1 aromatic rings. The smallest absolute Gasteiger partial charge is 0.279 e. The van der Waals surface area contributed by atoms with Gasteiger partial charge in [-0.15, -0.1) is 0 Å². The molecule has 4 rings (SSSR count). The fourth-order valence-corrected chi connectivity index (χ4v) is 3.38. The molecule has 1 aromatic carbocycles. The van der Waals surface area contributed by atoms with Crippen molar-refractivity contribution in [3.8, 4) is 0 Å². The number of piperazine rings is 3. The highest BCUT2D eigenvalue weighted by atomic mass is 35.5. The molecule has 0 unspecified atom stereocenters. The van der Waals surface area contributed by atoms with E-state index in [4.69, 9.17) is 11.6 Å². The molecule has 3 aliphatic heterocycles. The zero-order chi connectivity index (χ0) is 14.2. The molecule has 0 radical (unpaired) electrons. The van der Waals surface area contributed by atoms with Crippen LogP contribution in [0, 0.1) is 6.92 Å². The molecule has 0 aliphatic carbocycles. The van der Waals surface area contributed by atoms with Crippen LogP contribution in [-0.4, -0.2) is 61.1 Å². The molecule has 20 heavy (non-hydrogen) atoms. The number of quaternary nitrogens is 1. The number of carbonyl (C=O) groups excluding carboxylic acids is 1. The second-order valence-corrected chi connectivity index (χ2v) is 6.38. The van der Waals surface area contributed by atoms with E-state index in [1.807, 2.05) is 25.1 Å². The highest BCUT2D eigenvalue weighted by Crippen LogP contribution is 2.24. The second kappa shape index (κ2) is 5.35. The summed E-state index contributed by atoms with van der Waals surface area (Å²) in [5, 5.41) is 3.72. The Morgan fingerprint density at radius 2 is 1.95 bits per heavy atom. The fourth-order valence-electron chi connectivity index (χ4n) is 3.21. The summed E-state index contributed by atoms with van der Waals surface area (Å²) in [5.74, 6) is 0.103. The normalized spacial score (nSPS) is 28.4. The summed E-state index contributed by atoms with van der Waals surface area (Å²) in [5.41, 5.74) is 1.77. The summed E-state index contributed by atoms with van der Waals surface area (Å²) in [7, 11) is 0. The maximum atomic E-state index is 12.3. The zero-order valence-electron chi connectivity index (χ0n) is 11.9. The number of hydrogen-bond donors (Lipinski definition) is 1. The Kier molecular flexibility index (Phi) is 3.71. The van der Waals surface area contributed by atoms with Crippen LogP contribution in [0.1, 0.15) is 5.56 Å². The van der Waals surface area contributed by atoms with E-state index in [9.17, 15) is 4.79 Å². The van der Waals surface area contributed by atoms with E-state index >= 15 is 0 Å². The minimum absolute atomic E-state index is 0.103. The molecule has 108 valence electrons. The van der Waals surface area contributed by atoms with Crippen LogP contribution in [-0.2, 0) is 4.79 Å². The molecular formula is C15H21ClN3O+. The van der Waals surface area contributed by atoms with E-state index in [0.717, 1.165) is 55.0 Å². The monoisotopic (exact) mass is 294 g/mol. The minimum Gasteiger partial charge on any atom is -0.321 e. The van der Waals surface area contributed by atoms with Crippen molar-refractivity contribution < 1.29 is 9.28 Å².